The van der Waals surface area contributed by atoms with Crippen LogP contribution in [0.3, 0.4) is 0 Å². The number of allylic oxidation sites excluding steroid dienone is 1. The molecule has 92 valence electrons. The molecule has 5 heteroatoms. The molecule has 0 aliphatic heterocycles. The van der Waals surface area contributed by atoms with E-state index in [-0.39, 0.29) is 5.69 Å². The molecule has 1 aromatic rings. The van der Waals surface area contributed by atoms with Gasteiger partial charge < -0.3 is 10.6 Å². The molecule has 0 radical (unpaired) electrons. The Kier molecular flexibility index (Phi) is 4.63. The van der Waals surface area contributed by atoms with Gasteiger partial charge in [-0.25, -0.2) is 13.6 Å². The molecule has 0 heterocycles. The summed E-state index contributed by atoms with van der Waals surface area (Å²) < 4.78 is 26.0. The lowest BCUT2D eigenvalue weighted by atomic mass is 10.2. The number of benzene rings is 1. The number of amides is 2. The molecule has 0 atom stereocenters. The fourth-order valence-corrected chi connectivity index (χ4v) is 1.07. The molecule has 0 saturated heterocycles. The molecule has 0 spiro atoms. The molecule has 0 fully saturated rings. The Balaban J connectivity index is 2.59. The zero-order chi connectivity index (χ0) is 12.8. The SMILES string of the molecule is CC(C)/C=C/NC(=O)Nc1cc(F)ccc1F. The van der Waals surface area contributed by atoms with Crippen LogP contribution in [0.15, 0.2) is 30.5 Å². The van der Waals surface area contributed by atoms with Crippen molar-refractivity contribution < 1.29 is 13.6 Å². The average Bonchev–Trinajstić information content (AvgIpc) is 2.23. The highest BCUT2D eigenvalue weighted by atomic mass is 19.1. The summed E-state index contributed by atoms with van der Waals surface area (Å²) in [6.45, 7) is 3.89. The smallest absolute Gasteiger partial charge is 0.315 e. The Morgan fingerprint density at radius 3 is 2.71 bits per heavy atom. The van der Waals surface area contributed by atoms with Gasteiger partial charge in [0, 0.05) is 12.3 Å². The van der Waals surface area contributed by atoms with Gasteiger partial charge in [0.25, 0.3) is 0 Å². The second-order valence-corrected chi connectivity index (χ2v) is 3.83. The number of carbonyl (C=O) groups is 1. The van der Waals surface area contributed by atoms with Gasteiger partial charge in [-0.2, -0.15) is 0 Å². The van der Waals surface area contributed by atoms with Gasteiger partial charge in [-0.1, -0.05) is 19.9 Å². The van der Waals surface area contributed by atoms with E-state index >= 15 is 0 Å². The number of hydrogen-bond donors (Lipinski definition) is 2. The monoisotopic (exact) mass is 240 g/mol. The Hall–Kier alpha value is -1.91. The van der Waals surface area contributed by atoms with E-state index in [0.29, 0.717) is 5.92 Å². The van der Waals surface area contributed by atoms with Gasteiger partial charge in [-0.05, 0) is 18.1 Å². The molecular weight excluding hydrogens is 226 g/mol. The van der Waals surface area contributed by atoms with Gasteiger partial charge in [0.05, 0.1) is 5.69 Å². The van der Waals surface area contributed by atoms with Crippen molar-refractivity contribution in [2.24, 2.45) is 5.92 Å². The van der Waals surface area contributed by atoms with Gasteiger partial charge in [0.15, 0.2) is 0 Å². The van der Waals surface area contributed by atoms with Crippen molar-refractivity contribution in [3.63, 3.8) is 0 Å². The number of halogens is 2. The third kappa shape index (κ3) is 4.63. The molecule has 0 bridgehead atoms. The molecule has 1 aromatic carbocycles. The predicted octanol–water partition coefficient (Wildman–Crippen LogP) is 3.26. The van der Waals surface area contributed by atoms with Gasteiger partial charge in [0.2, 0.25) is 0 Å². The lowest BCUT2D eigenvalue weighted by Gasteiger charge is -2.06. The number of urea groups is 1. The standard InChI is InChI=1S/C12H14F2N2O/c1-8(2)5-6-15-12(17)16-11-7-9(13)3-4-10(11)14/h3-8H,1-2H3,(H2,15,16,17)/b6-5+. The highest BCUT2D eigenvalue weighted by Gasteiger charge is 2.06. The minimum atomic E-state index is -0.686. The Labute approximate surface area is 98.5 Å². The first-order valence-electron chi connectivity index (χ1n) is 5.18. The molecule has 0 aliphatic rings. The van der Waals surface area contributed by atoms with Crippen molar-refractivity contribution in [3.8, 4) is 0 Å². The summed E-state index contributed by atoms with van der Waals surface area (Å²) in [6, 6.07) is 2.24. The molecule has 0 aliphatic carbocycles. The molecule has 3 nitrogen and oxygen atoms in total. The largest absolute Gasteiger partial charge is 0.323 e. The van der Waals surface area contributed by atoms with Crippen molar-refractivity contribution in [3.05, 3.63) is 42.1 Å². The van der Waals surface area contributed by atoms with Crippen molar-refractivity contribution in [2.75, 3.05) is 5.32 Å². The Morgan fingerprint density at radius 1 is 1.35 bits per heavy atom. The average molecular weight is 240 g/mol. The third-order valence-corrected chi connectivity index (χ3v) is 1.87. The Morgan fingerprint density at radius 2 is 2.06 bits per heavy atom. The minimum absolute atomic E-state index is 0.194. The van der Waals surface area contributed by atoms with Crippen LogP contribution in [0.4, 0.5) is 19.3 Å². The van der Waals surface area contributed by atoms with Gasteiger partial charge in [0.1, 0.15) is 11.6 Å². The van der Waals surface area contributed by atoms with Crippen LogP contribution in [0.2, 0.25) is 0 Å². The highest BCUT2D eigenvalue weighted by Crippen LogP contribution is 2.14. The van der Waals surface area contributed by atoms with Crippen LogP contribution in [-0.2, 0) is 0 Å². The lowest BCUT2D eigenvalue weighted by Crippen LogP contribution is -2.24. The maximum atomic E-state index is 13.2. The van der Waals surface area contributed by atoms with E-state index < -0.39 is 17.7 Å². The zero-order valence-corrected chi connectivity index (χ0v) is 9.63. The molecule has 0 saturated carbocycles. The van der Waals surface area contributed by atoms with Crippen LogP contribution in [0.25, 0.3) is 0 Å². The third-order valence-electron chi connectivity index (χ3n) is 1.87. The lowest BCUT2D eigenvalue weighted by molar-refractivity contribution is 0.255. The number of rotatable bonds is 3. The molecule has 1 rings (SSSR count). The Bertz CT molecular complexity index is 431. The summed E-state index contributed by atoms with van der Waals surface area (Å²) in [5.41, 5.74) is -0.194. The van der Waals surface area contributed by atoms with Crippen LogP contribution in [-0.4, -0.2) is 6.03 Å². The summed E-state index contributed by atoms with van der Waals surface area (Å²) in [4.78, 5) is 11.3. The van der Waals surface area contributed by atoms with E-state index in [1.165, 1.54) is 6.20 Å². The minimum Gasteiger partial charge on any atom is -0.315 e. The van der Waals surface area contributed by atoms with Gasteiger partial charge >= 0.3 is 6.03 Å². The van der Waals surface area contributed by atoms with Gasteiger partial charge in [-0.3, -0.25) is 0 Å². The van der Waals surface area contributed by atoms with E-state index in [1.807, 2.05) is 13.8 Å². The van der Waals surface area contributed by atoms with Crippen LogP contribution >= 0.6 is 0 Å². The number of nitrogens with one attached hydrogen (secondary N) is 2. The van der Waals surface area contributed by atoms with Crippen molar-refractivity contribution >= 4 is 11.7 Å². The van der Waals surface area contributed by atoms with E-state index in [1.54, 1.807) is 6.08 Å². The number of carbonyl (C=O) groups excluding carboxylic acids is 1. The fourth-order valence-electron chi connectivity index (χ4n) is 1.07. The summed E-state index contributed by atoms with van der Waals surface area (Å²) in [7, 11) is 0. The maximum Gasteiger partial charge on any atom is 0.323 e. The molecule has 2 N–H and O–H groups in total. The van der Waals surface area contributed by atoms with Gasteiger partial charge in [-0.15, -0.1) is 0 Å². The first kappa shape index (κ1) is 13.2. The van der Waals surface area contributed by atoms with E-state index in [4.69, 9.17) is 0 Å². The summed E-state index contributed by atoms with van der Waals surface area (Å²) in [5.74, 6) is -1.00. The zero-order valence-electron chi connectivity index (χ0n) is 9.63. The van der Waals surface area contributed by atoms with E-state index in [2.05, 4.69) is 10.6 Å². The molecule has 2 amide bonds. The normalized spacial score (nSPS) is 10.9. The van der Waals surface area contributed by atoms with E-state index in [9.17, 15) is 13.6 Å². The predicted molar refractivity (Wildman–Crippen MR) is 62.5 cm³/mol. The fraction of sp³-hybridized carbons (Fsp3) is 0.250. The summed E-state index contributed by atoms with van der Waals surface area (Å²) in [6.07, 6.45) is 3.22. The first-order valence-corrected chi connectivity index (χ1v) is 5.18. The quantitative estimate of drug-likeness (QED) is 0.836. The van der Waals surface area contributed by atoms with E-state index in [0.717, 1.165) is 18.2 Å². The molecular formula is C12H14F2N2O. The van der Waals surface area contributed by atoms with Crippen LogP contribution in [0.1, 0.15) is 13.8 Å². The second kappa shape index (κ2) is 5.98. The van der Waals surface area contributed by atoms with Crippen molar-refractivity contribution in [2.45, 2.75) is 13.8 Å². The summed E-state index contributed by atoms with van der Waals surface area (Å²) >= 11 is 0. The topological polar surface area (TPSA) is 41.1 Å². The van der Waals surface area contributed by atoms with Crippen molar-refractivity contribution in [1.29, 1.82) is 0 Å². The number of hydrogen-bond acceptors (Lipinski definition) is 1. The van der Waals surface area contributed by atoms with Crippen molar-refractivity contribution in [1.82, 2.24) is 5.32 Å². The maximum absolute atomic E-state index is 13.2. The second-order valence-electron chi connectivity index (χ2n) is 3.83. The molecule has 0 aromatic heterocycles. The first-order chi connectivity index (χ1) is 7.99. The molecule has 0 unspecified atom stereocenters. The molecule has 17 heavy (non-hydrogen) atoms. The van der Waals surface area contributed by atoms with Crippen LogP contribution in [0.5, 0.6) is 0 Å². The summed E-state index contributed by atoms with van der Waals surface area (Å²) in [5, 5.41) is 4.60. The van der Waals surface area contributed by atoms with Crippen LogP contribution < -0.4 is 10.6 Å². The highest BCUT2D eigenvalue weighted by molar-refractivity contribution is 5.89. The van der Waals surface area contributed by atoms with Crippen LogP contribution in [0, 0.1) is 17.6 Å². The number of anilines is 1.